The summed E-state index contributed by atoms with van der Waals surface area (Å²) in [5, 5.41) is 2.51. The fraction of sp³-hybridized carbons (Fsp3) is 0.300. The fourth-order valence-electron chi connectivity index (χ4n) is 2.36. The molecule has 0 saturated heterocycles. The monoisotopic (exact) mass is 411 g/mol. The molecule has 0 aliphatic rings. The second-order valence-corrected chi connectivity index (χ2v) is 5.88. The molecule has 0 aromatic heterocycles. The van der Waals surface area contributed by atoms with E-state index in [-0.39, 0.29) is 25.1 Å². The maximum atomic E-state index is 12.7. The molecule has 0 saturated carbocycles. The van der Waals surface area contributed by atoms with Gasteiger partial charge in [0.2, 0.25) is 0 Å². The van der Waals surface area contributed by atoms with Gasteiger partial charge in [0.1, 0.15) is 6.61 Å². The largest absolute Gasteiger partial charge is 0.493 e. The van der Waals surface area contributed by atoms with E-state index in [1.54, 1.807) is 24.3 Å². The molecule has 2 aromatic carbocycles. The summed E-state index contributed by atoms with van der Waals surface area (Å²) in [6.07, 6.45) is -4.86. The molecule has 0 spiro atoms. The first-order valence-corrected chi connectivity index (χ1v) is 8.64. The van der Waals surface area contributed by atoms with Crippen molar-refractivity contribution >= 4 is 11.9 Å². The van der Waals surface area contributed by atoms with Crippen molar-refractivity contribution in [2.24, 2.45) is 0 Å². The lowest BCUT2D eigenvalue weighted by Crippen LogP contribution is -2.32. The van der Waals surface area contributed by atoms with Gasteiger partial charge in [0.25, 0.3) is 5.91 Å². The van der Waals surface area contributed by atoms with E-state index in [2.05, 4.69) is 5.32 Å². The van der Waals surface area contributed by atoms with Crippen LogP contribution in [0.5, 0.6) is 11.5 Å². The van der Waals surface area contributed by atoms with E-state index < -0.39 is 30.2 Å². The van der Waals surface area contributed by atoms with Gasteiger partial charge in [-0.2, -0.15) is 13.2 Å². The summed E-state index contributed by atoms with van der Waals surface area (Å²) in [6.45, 7) is -0.196. The average molecular weight is 411 g/mol. The van der Waals surface area contributed by atoms with Crippen molar-refractivity contribution in [2.75, 3.05) is 26.9 Å². The first kappa shape index (κ1) is 22.1. The van der Waals surface area contributed by atoms with Crippen molar-refractivity contribution in [1.29, 1.82) is 0 Å². The van der Waals surface area contributed by atoms with Gasteiger partial charge in [-0.15, -0.1) is 0 Å². The van der Waals surface area contributed by atoms with Gasteiger partial charge in [-0.3, -0.25) is 9.59 Å². The molecular formula is C20H20F3NO5. The molecule has 0 heterocycles. The summed E-state index contributed by atoms with van der Waals surface area (Å²) >= 11 is 0. The first-order valence-electron chi connectivity index (χ1n) is 8.64. The Morgan fingerprint density at radius 1 is 1.03 bits per heavy atom. The second kappa shape index (κ2) is 10.4. The number of alkyl halides is 3. The van der Waals surface area contributed by atoms with E-state index in [4.69, 9.17) is 14.2 Å². The first-order chi connectivity index (χ1) is 13.8. The number of halogens is 3. The Morgan fingerprint density at radius 3 is 2.45 bits per heavy atom. The van der Waals surface area contributed by atoms with Crippen LogP contribution in [-0.2, 0) is 26.9 Å². The lowest BCUT2D eigenvalue weighted by molar-refractivity contribution is -0.148. The zero-order valence-electron chi connectivity index (χ0n) is 15.6. The normalized spacial score (nSPS) is 10.9. The number of benzene rings is 2. The third kappa shape index (κ3) is 7.36. The van der Waals surface area contributed by atoms with Crippen LogP contribution >= 0.6 is 0 Å². The molecule has 2 rings (SSSR count). The summed E-state index contributed by atoms with van der Waals surface area (Å²) in [5.74, 6) is -0.269. The molecule has 0 bridgehead atoms. The number of amides is 1. The minimum Gasteiger partial charge on any atom is -0.493 e. The Morgan fingerprint density at radius 2 is 1.76 bits per heavy atom. The highest BCUT2D eigenvalue weighted by Gasteiger charge is 2.30. The fourth-order valence-corrected chi connectivity index (χ4v) is 2.36. The second-order valence-electron chi connectivity index (χ2n) is 5.88. The molecule has 0 atom stereocenters. The Kier molecular flexibility index (Phi) is 7.88. The van der Waals surface area contributed by atoms with Gasteiger partial charge in [0.15, 0.2) is 18.1 Å². The van der Waals surface area contributed by atoms with Crippen LogP contribution in [0, 0.1) is 0 Å². The van der Waals surface area contributed by atoms with Crippen molar-refractivity contribution in [2.45, 2.75) is 12.6 Å². The van der Waals surface area contributed by atoms with Crippen LogP contribution in [0.15, 0.2) is 48.5 Å². The highest BCUT2D eigenvalue weighted by molar-refractivity contribution is 5.81. The molecule has 6 nitrogen and oxygen atoms in total. The number of carbonyl (C=O) groups is 2. The standard InChI is InChI=1S/C20H20F3NO5/c1-27-16-7-2-3-8-17(16)28-10-9-24-18(25)13-29-19(26)12-14-5-4-6-15(11-14)20(21,22)23/h2-8,11H,9-10,12-13H2,1H3,(H,24,25). The molecule has 0 aliphatic carbocycles. The van der Waals surface area contributed by atoms with Crippen molar-refractivity contribution in [3.05, 3.63) is 59.7 Å². The zero-order valence-corrected chi connectivity index (χ0v) is 15.6. The molecule has 0 aliphatic heterocycles. The van der Waals surface area contributed by atoms with E-state index in [0.29, 0.717) is 11.5 Å². The number of carbonyl (C=O) groups excluding carboxylic acids is 2. The van der Waals surface area contributed by atoms with Crippen LogP contribution in [-0.4, -0.2) is 38.7 Å². The van der Waals surface area contributed by atoms with E-state index >= 15 is 0 Å². The smallest absolute Gasteiger partial charge is 0.416 e. The third-order valence-electron chi connectivity index (χ3n) is 3.72. The number of para-hydroxylation sites is 2. The molecule has 29 heavy (non-hydrogen) atoms. The molecule has 1 amide bonds. The number of nitrogens with one attached hydrogen (secondary N) is 1. The molecule has 1 N–H and O–H groups in total. The molecule has 2 aromatic rings. The van der Waals surface area contributed by atoms with Crippen LogP contribution in [0.25, 0.3) is 0 Å². The predicted octanol–water partition coefficient (Wildman–Crippen LogP) is 2.99. The van der Waals surface area contributed by atoms with Crippen molar-refractivity contribution in [3.8, 4) is 11.5 Å². The summed E-state index contributed by atoms with van der Waals surface area (Å²) in [6, 6.07) is 11.4. The lowest BCUT2D eigenvalue weighted by atomic mass is 10.1. The van der Waals surface area contributed by atoms with Gasteiger partial charge in [0, 0.05) is 0 Å². The highest BCUT2D eigenvalue weighted by Crippen LogP contribution is 2.29. The van der Waals surface area contributed by atoms with Gasteiger partial charge in [0.05, 0.1) is 25.6 Å². The Labute approximate surface area is 165 Å². The molecule has 9 heteroatoms. The van der Waals surface area contributed by atoms with Crippen molar-refractivity contribution < 1.29 is 37.0 Å². The van der Waals surface area contributed by atoms with Crippen LogP contribution in [0.4, 0.5) is 13.2 Å². The van der Waals surface area contributed by atoms with Crippen LogP contribution in [0.1, 0.15) is 11.1 Å². The molecular weight excluding hydrogens is 391 g/mol. The van der Waals surface area contributed by atoms with Crippen LogP contribution in [0.3, 0.4) is 0 Å². The summed E-state index contributed by atoms with van der Waals surface area (Å²) in [7, 11) is 1.51. The summed E-state index contributed by atoms with van der Waals surface area (Å²) < 4.78 is 53.4. The van der Waals surface area contributed by atoms with Gasteiger partial charge >= 0.3 is 12.1 Å². The number of methoxy groups -OCH3 is 1. The quantitative estimate of drug-likeness (QED) is 0.507. The highest BCUT2D eigenvalue weighted by atomic mass is 19.4. The Bertz CT molecular complexity index is 839. The maximum absolute atomic E-state index is 12.7. The molecule has 0 unspecified atom stereocenters. The number of esters is 1. The van der Waals surface area contributed by atoms with Gasteiger partial charge in [-0.05, 0) is 23.8 Å². The zero-order chi connectivity index (χ0) is 21.3. The Hall–Kier alpha value is -3.23. The van der Waals surface area contributed by atoms with Crippen molar-refractivity contribution in [3.63, 3.8) is 0 Å². The summed E-state index contributed by atoms with van der Waals surface area (Å²) in [5.41, 5.74) is -0.703. The SMILES string of the molecule is COc1ccccc1OCCNC(=O)COC(=O)Cc1cccc(C(F)(F)F)c1. The maximum Gasteiger partial charge on any atom is 0.416 e. The molecule has 0 radical (unpaired) electrons. The minimum absolute atomic E-state index is 0.149. The van der Waals surface area contributed by atoms with Gasteiger partial charge < -0.3 is 19.5 Å². The number of ether oxygens (including phenoxy) is 3. The Balaban J connectivity index is 1.69. The third-order valence-corrected chi connectivity index (χ3v) is 3.72. The minimum atomic E-state index is -4.49. The molecule has 156 valence electrons. The predicted molar refractivity (Wildman–Crippen MR) is 97.6 cm³/mol. The van der Waals surface area contributed by atoms with Crippen LogP contribution in [0.2, 0.25) is 0 Å². The average Bonchev–Trinajstić information content (AvgIpc) is 2.69. The molecule has 0 fully saturated rings. The van der Waals surface area contributed by atoms with E-state index in [9.17, 15) is 22.8 Å². The number of hydrogen-bond acceptors (Lipinski definition) is 5. The van der Waals surface area contributed by atoms with Crippen LogP contribution < -0.4 is 14.8 Å². The van der Waals surface area contributed by atoms with E-state index in [1.807, 2.05) is 0 Å². The van der Waals surface area contributed by atoms with Gasteiger partial charge in [-0.25, -0.2) is 0 Å². The number of hydrogen-bond donors (Lipinski definition) is 1. The van der Waals surface area contributed by atoms with Crippen molar-refractivity contribution in [1.82, 2.24) is 5.32 Å². The van der Waals surface area contributed by atoms with E-state index in [1.165, 1.54) is 19.2 Å². The van der Waals surface area contributed by atoms with Gasteiger partial charge in [-0.1, -0.05) is 30.3 Å². The lowest BCUT2D eigenvalue weighted by Gasteiger charge is -2.11. The number of rotatable bonds is 9. The topological polar surface area (TPSA) is 73.9 Å². The van der Waals surface area contributed by atoms with E-state index in [0.717, 1.165) is 12.1 Å². The summed E-state index contributed by atoms with van der Waals surface area (Å²) in [4.78, 5) is 23.4.